The van der Waals surface area contributed by atoms with Gasteiger partial charge in [-0.25, -0.2) is 0 Å². The Morgan fingerprint density at radius 2 is 1.65 bits per heavy atom. The average molecular weight is 422 g/mol. The van der Waals surface area contributed by atoms with Crippen molar-refractivity contribution in [3.8, 4) is 17.2 Å². The molecule has 1 aliphatic heterocycles. The molecule has 3 aromatic rings. The summed E-state index contributed by atoms with van der Waals surface area (Å²) < 4.78 is 12.5. The fourth-order valence-electron chi connectivity index (χ4n) is 3.45. The number of carbonyl (C=O) groups is 1. The Kier molecular flexibility index (Phi) is 6.42. The van der Waals surface area contributed by atoms with Crippen LogP contribution in [0, 0.1) is 6.92 Å². The molecule has 9 nitrogen and oxygen atoms in total. The minimum Gasteiger partial charge on any atom is -0.497 e. The summed E-state index contributed by atoms with van der Waals surface area (Å²) in [6.45, 7) is 5.52. The number of rotatable bonds is 7. The van der Waals surface area contributed by atoms with Crippen molar-refractivity contribution in [1.29, 1.82) is 0 Å². The summed E-state index contributed by atoms with van der Waals surface area (Å²) in [5.74, 6) is 2.17. The van der Waals surface area contributed by atoms with Gasteiger partial charge >= 0.3 is 0 Å². The van der Waals surface area contributed by atoms with Gasteiger partial charge in [-0.3, -0.25) is 9.69 Å². The molecule has 0 spiro atoms. The molecule has 0 radical (unpaired) electrons. The highest BCUT2D eigenvalue weighted by molar-refractivity contribution is 5.77. The maximum Gasteiger partial charge on any atom is 0.260 e. The van der Waals surface area contributed by atoms with Crippen LogP contribution in [0.4, 0.5) is 0 Å². The van der Waals surface area contributed by atoms with Crippen molar-refractivity contribution < 1.29 is 14.3 Å². The van der Waals surface area contributed by atoms with Gasteiger partial charge in [-0.15, -0.1) is 5.10 Å². The van der Waals surface area contributed by atoms with Crippen LogP contribution in [-0.2, 0) is 11.3 Å². The largest absolute Gasteiger partial charge is 0.497 e. The van der Waals surface area contributed by atoms with Crippen LogP contribution in [0.15, 0.2) is 48.5 Å². The van der Waals surface area contributed by atoms with Crippen LogP contribution < -0.4 is 9.47 Å². The molecular weight excluding hydrogens is 396 g/mol. The van der Waals surface area contributed by atoms with E-state index in [4.69, 9.17) is 9.47 Å². The number of tetrazole rings is 1. The maximum absolute atomic E-state index is 12.5. The molecule has 1 aliphatic rings. The monoisotopic (exact) mass is 422 g/mol. The van der Waals surface area contributed by atoms with Crippen LogP contribution in [0.5, 0.6) is 11.5 Å². The van der Waals surface area contributed by atoms with Crippen LogP contribution in [0.3, 0.4) is 0 Å². The lowest BCUT2D eigenvalue weighted by atomic mass is 10.2. The fourth-order valence-corrected chi connectivity index (χ4v) is 3.45. The number of nitrogens with zero attached hydrogens (tertiary/aromatic N) is 6. The molecule has 31 heavy (non-hydrogen) atoms. The van der Waals surface area contributed by atoms with Gasteiger partial charge in [-0.2, -0.15) is 4.68 Å². The van der Waals surface area contributed by atoms with Crippen molar-refractivity contribution in [3.63, 3.8) is 0 Å². The lowest BCUT2D eigenvalue weighted by Crippen LogP contribution is -2.49. The van der Waals surface area contributed by atoms with E-state index in [2.05, 4.69) is 20.4 Å². The Labute approximate surface area is 181 Å². The molecule has 0 bridgehead atoms. The van der Waals surface area contributed by atoms with E-state index in [-0.39, 0.29) is 12.5 Å². The van der Waals surface area contributed by atoms with Crippen LogP contribution in [0.2, 0.25) is 0 Å². The third-order valence-electron chi connectivity index (χ3n) is 5.32. The minimum absolute atomic E-state index is 0.0139. The fraction of sp³-hybridized carbons (Fsp3) is 0.364. The van der Waals surface area contributed by atoms with E-state index in [0.29, 0.717) is 25.4 Å². The van der Waals surface area contributed by atoms with Gasteiger partial charge in [0, 0.05) is 26.2 Å². The highest BCUT2D eigenvalue weighted by atomic mass is 16.5. The van der Waals surface area contributed by atoms with Crippen molar-refractivity contribution in [2.75, 3.05) is 39.9 Å². The van der Waals surface area contributed by atoms with Crippen LogP contribution in [-0.4, -0.2) is 75.8 Å². The predicted molar refractivity (Wildman–Crippen MR) is 114 cm³/mol. The van der Waals surface area contributed by atoms with E-state index in [0.717, 1.165) is 30.4 Å². The lowest BCUT2D eigenvalue weighted by molar-refractivity contribution is -0.135. The smallest absolute Gasteiger partial charge is 0.260 e. The number of piperazine rings is 1. The summed E-state index contributed by atoms with van der Waals surface area (Å²) in [6, 6.07) is 15.3. The average Bonchev–Trinajstić information content (AvgIpc) is 3.27. The van der Waals surface area contributed by atoms with Crippen LogP contribution in [0.25, 0.3) is 5.69 Å². The number of amides is 1. The Morgan fingerprint density at radius 3 is 2.32 bits per heavy atom. The summed E-state index contributed by atoms with van der Waals surface area (Å²) in [7, 11) is 1.61. The van der Waals surface area contributed by atoms with Crippen LogP contribution in [0.1, 0.15) is 11.4 Å². The van der Waals surface area contributed by atoms with Crippen molar-refractivity contribution in [1.82, 2.24) is 30.0 Å². The molecule has 9 heteroatoms. The number of aryl methyl sites for hydroxylation is 1. The molecule has 0 N–H and O–H groups in total. The Hall–Kier alpha value is -3.46. The second-order valence-corrected chi connectivity index (χ2v) is 7.46. The van der Waals surface area contributed by atoms with E-state index >= 15 is 0 Å². The molecule has 1 fully saturated rings. The van der Waals surface area contributed by atoms with Gasteiger partial charge in [-0.05, 0) is 53.7 Å². The Morgan fingerprint density at radius 1 is 0.968 bits per heavy atom. The number of hydrogen-bond acceptors (Lipinski definition) is 7. The molecule has 0 unspecified atom stereocenters. The Balaban J connectivity index is 1.26. The lowest BCUT2D eigenvalue weighted by Gasteiger charge is -2.34. The van der Waals surface area contributed by atoms with Gasteiger partial charge in [0.1, 0.15) is 11.5 Å². The molecule has 1 aromatic heterocycles. The van der Waals surface area contributed by atoms with Crippen molar-refractivity contribution in [3.05, 3.63) is 59.9 Å². The first kappa shape index (κ1) is 20.8. The van der Waals surface area contributed by atoms with Gasteiger partial charge in [-0.1, -0.05) is 17.7 Å². The van der Waals surface area contributed by atoms with Gasteiger partial charge < -0.3 is 14.4 Å². The quantitative estimate of drug-likeness (QED) is 0.573. The van der Waals surface area contributed by atoms with Crippen LogP contribution >= 0.6 is 0 Å². The number of methoxy groups -OCH3 is 1. The highest BCUT2D eigenvalue weighted by Crippen LogP contribution is 2.17. The second-order valence-electron chi connectivity index (χ2n) is 7.46. The molecule has 0 saturated carbocycles. The number of ether oxygens (including phenoxy) is 2. The van der Waals surface area contributed by atoms with Gasteiger partial charge in [0.05, 0.1) is 19.3 Å². The van der Waals surface area contributed by atoms with Crippen molar-refractivity contribution >= 4 is 5.91 Å². The van der Waals surface area contributed by atoms with Gasteiger partial charge in [0.2, 0.25) is 0 Å². The first-order chi connectivity index (χ1) is 15.1. The van der Waals surface area contributed by atoms with E-state index in [1.54, 1.807) is 23.9 Å². The summed E-state index contributed by atoms with van der Waals surface area (Å²) in [4.78, 5) is 16.6. The topological polar surface area (TPSA) is 85.6 Å². The van der Waals surface area contributed by atoms with E-state index in [9.17, 15) is 4.79 Å². The number of carbonyl (C=O) groups excluding carboxylic acids is 1. The first-order valence-corrected chi connectivity index (χ1v) is 10.2. The SMILES string of the molecule is COc1ccc(OCC(=O)N2CCN(Cc3nnnn3-c3ccc(C)cc3)CC2)cc1. The highest BCUT2D eigenvalue weighted by Gasteiger charge is 2.23. The second kappa shape index (κ2) is 9.57. The molecule has 2 aromatic carbocycles. The predicted octanol–water partition coefficient (Wildman–Crippen LogP) is 1.70. The van der Waals surface area contributed by atoms with Gasteiger partial charge in [0.25, 0.3) is 5.91 Å². The maximum atomic E-state index is 12.5. The van der Waals surface area contributed by atoms with E-state index in [1.807, 2.05) is 48.2 Å². The number of aromatic nitrogens is 4. The molecular formula is C22H26N6O3. The molecule has 162 valence electrons. The third kappa shape index (κ3) is 5.18. The Bertz CT molecular complexity index is 995. The summed E-state index contributed by atoms with van der Waals surface area (Å²) in [6.07, 6.45) is 0. The normalized spacial score (nSPS) is 14.5. The van der Waals surface area contributed by atoms with Crippen molar-refractivity contribution in [2.45, 2.75) is 13.5 Å². The third-order valence-corrected chi connectivity index (χ3v) is 5.32. The van der Waals surface area contributed by atoms with E-state index < -0.39 is 0 Å². The van der Waals surface area contributed by atoms with E-state index in [1.165, 1.54) is 5.56 Å². The molecule has 1 amide bonds. The number of hydrogen-bond donors (Lipinski definition) is 0. The first-order valence-electron chi connectivity index (χ1n) is 10.2. The van der Waals surface area contributed by atoms with Crippen molar-refractivity contribution in [2.24, 2.45) is 0 Å². The molecule has 2 heterocycles. The number of benzene rings is 2. The zero-order chi connectivity index (χ0) is 21.6. The zero-order valence-electron chi connectivity index (χ0n) is 17.8. The standard InChI is InChI=1S/C22H26N6O3/c1-17-3-5-18(6-4-17)28-21(23-24-25-28)15-26-11-13-27(14-12-26)22(29)16-31-20-9-7-19(30-2)8-10-20/h3-10H,11-16H2,1-2H3. The summed E-state index contributed by atoms with van der Waals surface area (Å²) >= 11 is 0. The molecule has 0 atom stereocenters. The van der Waals surface area contributed by atoms with Gasteiger partial charge in [0.15, 0.2) is 12.4 Å². The zero-order valence-corrected chi connectivity index (χ0v) is 17.8. The summed E-state index contributed by atoms with van der Waals surface area (Å²) in [5.41, 5.74) is 2.13. The molecule has 4 rings (SSSR count). The molecule has 1 saturated heterocycles. The summed E-state index contributed by atoms with van der Waals surface area (Å²) in [5, 5.41) is 12.2. The minimum atomic E-state index is -0.0139. The molecule has 0 aliphatic carbocycles.